The van der Waals surface area contributed by atoms with Crippen LogP contribution >= 0.6 is 0 Å². The van der Waals surface area contributed by atoms with Crippen molar-refractivity contribution >= 4 is 0 Å². The highest BCUT2D eigenvalue weighted by atomic mass is 16.3. The summed E-state index contributed by atoms with van der Waals surface area (Å²) < 4.78 is 0. The lowest BCUT2D eigenvalue weighted by Gasteiger charge is -2.36. The highest BCUT2D eigenvalue weighted by Gasteiger charge is 2.35. The lowest BCUT2D eigenvalue weighted by atomic mass is 9.79. The molecule has 124 valence electrons. The van der Waals surface area contributed by atoms with Crippen LogP contribution in [0.15, 0.2) is 60.7 Å². The zero-order valence-electron chi connectivity index (χ0n) is 14.3. The third kappa shape index (κ3) is 5.19. The van der Waals surface area contributed by atoms with Crippen molar-refractivity contribution < 1.29 is 5.11 Å². The average molecular weight is 311 g/mol. The van der Waals surface area contributed by atoms with Crippen LogP contribution in [0.2, 0.25) is 0 Å². The Labute approximate surface area is 140 Å². The lowest BCUT2D eigenvalue weighted by molar-refractivity contribution is 0.00741. The molecule has 2 nitrogen and oxygen atoms in total. The van der Waals surface area contributed by atoms with Gasteiger partial charge in [-0.3, -0.25) is 0 Å². The minimum absolute atomic E-state index is 0.238. The van der Waals surface area contributed by atoms with E-state index in [0.717, 1.165) is 24.0 Å². The molecule has 2 rings (SSSR count). The standard InChI is InChI=1S/C21H29NO/c1-3-17(2)14-20(22)21(23,15-18-10-6-4-7-11-18)16-19-12-8-5-9-13-19/h4-13,17,20,23H,3,14-16,22H2,1-2H3. The molecular weight excluding hydrogens is 282 g/mol. The first-order valence-corrected chi connectivity index (χ1v) is 8.59. The van der Waals surface area contributed by atoms with E-state index in [4.69, 9.17) is 5.73 Å². The molecule has 0 amide bonds. The van der Waals surface area contributed by atoms with Crippen LogP contribution in [0.4, 0.5) is 0 Å². The molecule has 3 N–H and O–H groups in total. The summed E-state index contributed by atoms with van der Waals surface area (Å²) in [5.41, 5.74) is 7.81. The number of aliphatic hydroxyl groups is 1. The number of benzene rings is 2. The van der Waals surface area contributed by atoms with E-state index in [1.54, 1.807) is 0 Å². The van der Waals surface area contributed by atoms with Gasteiger partial charge in [-0.15, -0.1) is 0 Å². The molecule has 2 aromatic rings. The second-order valence-corrected chi connectivity index (χ2v) is 6.78. The Hall–Kier alpha value is -1.64. The molecule has 0 radical (unpaired) electrons. The van der Waals surface area contributed by atoms with Gasteiger partial charge in [0.15, 0.2) is 0 Å². The van der Waals surface area contributed by atoms with Gasteiger partial charge < -0.3 is 10.8 Å². The number of hydrogen-bond acceptors (Lipinski definition) is 2. The van der Waals surface area contributed by atoms with Crippen molar-refractivity contribution in [2.45, 2.75) is 51.2 Å². The summed E-state index contributed by atoms with van der Waals surface area (Å²) in [7, 11) is 0. The summed E-state index contributed by atoms with van der Waals surface area (Å²) in [6, 6.07) is 20.1. The summed E-state index contributed by atoms with van der Waals surface area (Å²) in [5.74, 6) is 0.517. The molecule has 0 fully saturated rings. The monoisotopic (exact) mass is 311 g/mol. The Bertz CT molecular complexity index is 525. The quantitative estimate of drug-likeness (QED) is 0.775. The summed E-state index contributed by atoms with van der Waals surface area (Å²) in [5, 5.41) is 11.4. The van der Waals surface area contributed by atoms with E-state index in [9.17, 15) is 5.11 Å². The van der Waals surface area contributed by atoms with Crippen molar-refractivity contribution in [3.63, 3.8) is 0 Å². The Balaban J connectivity index is 2.21. The molecular formula is C21H29NO. The Morgan fingerprint density at radius 3 is 1.74 bits per heavy atom. The molecule has 2 atom stereocenters. The maximum Gasteiger partial charge on any atom is 0.0878 e. The Morgan fingerprint density at radius 1 is 0.913 bits per heavy atom. The van der Waals surface area contributed by atoms with Crippen LogP contribution in [0, 0.1) is 5.92 Å². The van der Waals surface area contributed by atoms with Crippen LogP contribution in [0.5, 0.6) is 0 Å². The molecule has 2 unspecified atom stereocenters. The van der Waals surface area contributed by atoms with Crippen LogP contribution in [-0.4, -0.2) is 16.7 Å². The van der Waals surface area contributed by atoms with Crippen molar-refractivity contribution in [2.24, 2.45) is 11.7 Å². The molecule has 0 aliphatic carbocycles. The van der Waals surface area contributed by atoms with E-state index in [1.807, 2.05) is 36.4 Å². The van der Waals surface area contributed by atoms with Crippen molar-refractivity contribution in [1.82, 2.24) is 0 Å². The maximum atomic E-state index is 11.4. The third-order valence-electron chi connectivity index (χ3n) is 4.75. The number of nitrogens with two attached hydrogens (primary N) is 1. The molecule has 2 heteroatoms. The molecule has 0 aliphatic rings. The van der Waals surface area contributed by atoms with Crippen molar-refractivity contribution in [3.05, 3.63) is 71.8 Å². The van der Waals surface area contributed by atoms with Gasteiger partial charge in [0.2, 0.25) is 0 Å². The first-order valence-electron chi connectivity index (χ1n) is 8.59. The van der Waals surface area contributed by atoms with Crippen LogP contribution in [0.1, 0.15) is 37.8 Å². The van der Waals surface area contributed by atoms with Gasteiger partial charge in [-0.1, -0.05) is 80.9 Å². The molecule has 0 aliphatic heterocycles. The van der Waals surface area contributed by atoms with E-state index in [1.165, 1.54) is 0 Å². The van der Waals surface area contributed by atoms with Crippen LogP contribution < -0.4 is 5.73 Å². The zero-order chi connectivity index (χ0) is 16.7. The van der Waals surface area contributed by atoms with Gasteiger partial charge >= 0.3 is 0 Å². The van der Waals surface area contributed by atoms with Gasteiger partial charge in [-0.2, -0.15) is 0 Å². The molecule has 0 spiro atoms. The van der Waals surface area contributed by atoms with Gasteiger partial charge in [-0.25, -0.2) is 0 Å². The van der Waals surface area contributed by atoms with Crippen LogP contribution in [0.25, 0.3) is 0 Å². The SMILES string of the molecule is CCC(C)CC(N)C(O)(Cc1ccccc1)Cc1ccccc1. The van der Waals surface area contributed by atoms with Gasteiger partial charge in [0, 0.05) is 18.9 Å². The number of hydrogen-bond donors (Lipinski definition) is 2. The molecule has 0 aromatic heterocycles. The highest BCUT2D eigenvalue weighted by molar-refractivity contribution is 5.22. The Kier molecular flexibility index (Phi) is 6.37. The fourth-order valence-corrected chi connectivity index (χ4v) is 3.04. The predicted octanol–water partition coefficient (Wildman–Crippen LogP) is 3.97. The van der Waals surface area contributed by atoms with Gasteiger partial charge in [0.1, 0.15) is 0 Å². The highest BCUT2D eigenvalue weighted by Crippen LogP contribution is 2.26. The summed E-state index contributed by atoms with van der Waals surface area (Å²) in [4.78, 5) is 0. The third-order valence-corrected chi connectivity index (χ3v) is 4.75. The van der Waals surface area contributed by atoms with E-state index in [-0.39, 0.29) is 6.04 Å². The molecule has 0 saturated carbocycles. The normalized spacial score (nSPS) is 14.4. The lowest BCUT2D eigenvalue weighted by Crippen LogP contribution is -2.52. The van der Waals surface area contributed by atoms with Crippen molar-refractivity contribution in [1.29, 1.82) is 0 Å². The molecule has 0 bridgehead atoms. The first kappa shape index (κ1) is 17.7. The topological polar surface area (TPSA) is 46.2 Å². The molecule has 0 saturated heterocycles. The van der Waals surface area contributed by atoms with E-state index in [0.29, 0.717) is 18.8 Å². The van der Waals surface area contributed by atoms with Crippen LogP contribution in [0.3, 0.4) is 0 Å². The smallest absolute Gasteiger partial charge is 0.0878 e. The molecule has 2 aromatic carbocycles. The minimum Gasteiger partial charge on any atom is -0.388 e. The fraction of sp³-hybridized carbons (Fsp3) is 0.429. The van der Waals surface area contributed by atoms with Gasteiger partial charge in [0.05, 0.1) is 5.60 Å². The van der Waals surface area contributed by atoms with Crippen molar-refractivity contribution in [3.8, 4) is 0 Å². The number of rotatable bonds is 8. The van der Waals surface area contributed by atoms with Gasteiger partial charge in [0.25, 0.3) is 0 Å². The molecule has 0 heterocycles. The molecule has 23 heavy (non-hydrogen) atoms. The Morgan fingerprint density at radius 2 is 1.35 bits per heavy atom. The second kappa shape index (κ2) is 8.28. The van der Waals surface area contributed by atoms with Crippen LogP contribution in [-0.2, 0) is 12.8 Å². The second-order valence-electron chi connectivity index (χ2n) is 6.78. The van der Waals surface area contributed by atoms with E-state index >= 15 is 0 Å². The van der Waals surface area contributed by atoms with Gasteiger partial charge in [-0.05, 0) is 23.5 Å². The summed E-state index contributed by atoms with van der Waals surface area (Å²) in [6.07, 6.45) is 3.09. The maximum absolute atomic E-state index is 11.4. The van der Waals surface area contributed by atoms with Crippen molar-refractivity contribution in [2.75, 3.05) is 0 Å². The predicted molar refractivity (Wildman–Crippen MR) is 97.3 cm³/mol. The van der Waals surface area contributed by atoms with E-state index < -0.39 is 5.60 Å². The van der Waals surface area contributed by atoms with E-state index in [2.05, 4.69) is 38.1 Å². The zero-order valence-corrected chi connectivity index (χ0v) is 14.3. The fourth-order valence-electron chi connectivity index (χ4n) is 3.04. The average Bonchev–Trinajstić information content (AvgIpc) is 2.56. The minimum atomic E-state index is -0.924. The first-order chi connectivity index (χ1) is 11.0. The summed E-state index contributed by atoms with van der Waals surface area (Å²) in [6.45, 7) is 4.37. The largest absolute Gasteiger partial charge is 0.388 e. The summed E-state index contributed by atoms with van der Waals surface area (Å²) >= 11 is 0.